The average Bonchev–Trinajstić information content (AvgIpc) is 2.85. The number of carbonyl (C=O) groups is 2. The van der Waals surface area contributed by atoms with Crippen molar-refractivity contribution < 1.29 is 14.3 Å². The minimum Gasteiger partial charge on any atom is -0.444 e. The lowest BCUT2D eigenvalue weighted by Gasteiger charge is -2.33. The Hall–Kier alpha value is -2.24. The van der Waals surface area contributed by atoms with Gasteiger partial charge >= 0.3 is 12.1 Å². The van der Waals surface area contributed by atoms with Gasteiger partial charge in [-0.05, 0) is 51.2 Å². The zero-order chi connectivity index (χ0) is 16.6. The minimum atomic E-state index is -0.477. The number of fused-ring (bicyclic) bond motifs is 1. The predicted octanol–water partition coefficient (Wildman–Crippen LogP) is 2.17. The molecule has 6 heteroatoms. The van der Waals surface area contributed by atoms with Crippen LogP contribution in [0.3, 0.4) is 0 Å². The van der Waals surface area contributed by atoms with Crippen LogP contribution in [-0.4, -0.2) is 35.7 Å². The van der Waals surface area contributed by atoms with E-state index in [9.17, 15) is 9.59 Å². The molecule has 0 unspecified atom stereocenters. The second kappa shape index (κ2) is 5.76. The standard InChI is InChI=1S/C17H21N3O3/c1-17(2,3)23-16(22)20-9-7-11(8-10-20)12-5-4-6-13-14(12)19-15(21)18-13/h4-6,11H,7-10H2,1-3H3. The van der Waals surface area contributed by atoms with Gasteiger partial charge in [-0.25, -0.2) is 9.59 Å². The zero-order valence-electron chi connectivity index (χ0n) is 13.7. The first kappa shape index (κ1) is 15.6. The van der Waals surface area contributed by atoms with Crippen LogP contribution >= 0.6 is 0 Å². The molecule has 0 bridgehead atoms. The summed E-state index contributed by atoms with van der Waals surface area (Å²) in [5.74, 6) is 0.286. The molecule has 3 rings (SSSR count). The Morgan fingerprint density at radius 1 is 1.22 bits per heavy atom. The van der Waals surface area contributed by atoms with E-state index in [2.05, 4.69) is 9.98 Å². The van der Waals surface area contributed by atoms with Crippen molar-refractivity contribution in [2.24, 2.45) is 9.98 Å². The van der Waals surface area contributed by atoms with Crippen LogP contribution in [0, 0.1) is 0 Å². The molecule has 2 aliphatic rings. The van der Waals surface area contributed by atoms with Crippen molar-refractivity contribution in [1.29, 1.82) is 0 Å². The van der Waals surface area contributed by atoms with Crippen molar-refractivity contribution in [2.75, 3.05) is 13.1 Å². The summed E-state index contributed by atoms with van der Waals surface area (Å²) in [5, 5.41) is 1.36. The van der Waals surface area contributed by atoms with E-state index in [4.69, 9.17) is 4.74 Å². The lowest BCUT2D eigenvalue weighted by atomic mass is 9.89. The van der Waals surface area contributed by atoms with Crippen LogP contribution in [-0.2, 0) is 4.74 Å². The maximum Gasteiger partial charge on any atom is 0.410 e. The summed E-state index contributed by atoms with van der Waals surface area (Å²) in [6.45, 7) is 6.90. The summed E-state index contributed by atoms with van der Waals surface area (Å²) in [6, 6.07) is 5.29. The highest BCUT2D eigenvalue weighted by Gasteiger charge is 2.28. The number of carbonyl (C=O) groups excluding carboxylic acids is 2. The largest absolute Gasteiger partial charge is 0.444 e. The molecule has 1 saturated heterocycles. The molecule has 0 N–H and O–H groups in total. The Bertz CT molecular complexity index is 756. The van der Waals surface area contributed by atoms with Gasteiger partial charge in [-0.2, -0.15) is 9.98 Å². The van der Waals surface area contributed by atoms with Crippen molar-refractivity contribution in [1.82, 2.24) is 4.90 Å². The monoisotopic (exact) mass is 315 g/mol. The fraction of sp³-hybridized carbons (Fsp3) is 0.529. The number of ether oxygens (including phenoxy) is 1. The molecule has 2 aliphatic heterocycles. The van der Waals surface area contributed by atoms with E-state index in [0.29, 0.717) is 23.8 Å². The number of benzene rings is 1. The van der Waals surface area contributed by atoms with Crippen LogP contribution in [0.4, 0.5) is 9.59 Å². The van der Waals surface area contributed by atoms with Crippen LogP contribution in [0.2, 0.25) is 0 Å². The lowest BCUT2D eigenvalue weighted by molar-refractivity contribution is 0.0204. The van der Waals surface area contributed by atoms with E-state index >= 15 is 0 Å². The third-order valence-electron chi connectivity index (χ3n) is 4.06. The van der Waals surface area contributed by atoms with Crippen LogP contribution in [0.15, 0.2) is 28.2 Å². The number of urea groups is 1. The number of piperidine rings is 1. The fourth-order valence-corrected chi connectivity index (χ4v) is 3.01. The molecule has 0 aliphatic carbocycles. The van der Waals surface area contributed by atoms with Gasteiger partial charge in [-0.3, -0.25) is 0 Å². The number of rotatable bonds is 1. The van der Waals surface area contributed by atoms with Crippen molar-refractivity contribution >= 4 is 12.1 Å². The van der Waals surface area contributed by atoms with Gasteiger partial charge in [-0.1, -0.05) is 12.1 Å². The van der Waals surface area contributed by atoms with Crippen LogP contribution in [0.25, 0.3) is 0 Å². The highest BCUT2D eigenvalue weighted by atomic mass is 16.6. The summed E-state index contributed by atoms with van der Waals surface area (Å²) in [6.07, 6.45) is 1.41. The van der Waals surface area contributed by atoms with E-state index in [0.717, 1.165) is 18.4 Å². The number of likely N-dealkylation sites (tertiary alicyclic amines) is 1. The molecule has 0 aromatic heterocycles. The highest BCUT2D eigenvalue weighted by Crippen LogP contribution is 2.26. The Kier molecular flexibility index (Phi) is 3.92. The van der Waals surface area contributed by atoms with Crippen LogP contribution in [0.1, 0.15) is 45.1 Å². The van der Waals surface area contributed by atoms with E-state index in [1.165, 1.54) is 0 Å². The fourth-order valence-electron chi connectivity index (χ4n) is 3.01. The van der Waals surface area contributed by atoms with Crippen molar-refractivity contribution in [3.63, 3.8) is 0 Å². The van der Waals surface area contributed by atoms with Gasteiger partial charge in [0.25, 0.3) is 0 Å². The molecule has 0 radical (unpaired) electrons. The van der Waals surface area contributed by atoms with Crippen LogP contribution < -0.4 is 10.7 Å². The van der Waals surface area contributed by atoms with Crippen molar-refractivity contribution in [3.05, 3.63) is 34.5 Å². The Balaban J connectivity index is 1.71. The second-order valence-corrected chi connectivity index (χ2v) is 6.96. The Morgan fingerprint density at radius 2 is 1.91 bits per heavy atom. The SMILES string of the molecule is CC(C)(C)OC(=O)N1CCC(c2cccc3c2=NC(=O)N=3)CC1. The van der Waals surface area contributed by atoms with E-state index in [1.54, 1.807) is 4.90 Å². The molecule has 0 saturated carbocycles. The molecular weight excluding hydrogens is 294 g/mol. The summed E-state index contributed by atoms with van der Waals surface area (Å²) in [4.78, 5) is 33.2. The maximum atomic E-state index is 12.1. The molecule has 0 atom stereocenters. The van der Waals surface area contributed by atoms with Gasteiger partial charge in [0.05, 0.1) is 10.7 Å². The number of para-hydroxylation sites is 1. The highest BCUT2D eigenvalue weighted by molar-refractivity contribution is 5.77. The smallest absolute Gasteiger partial charge is 0.410 e. The number of hydrogen-bond donors (Lipinski definition) is 0. The Labute approximate surface area is 134 Å². The molecule has 23 heavy (non-hydrogen) atoms. The summed E-state index contributed by atoms with van der Waals surface area (Å²) in [5.41, 5.74) is 0.579. The third-order valence-corrected chi connectivity index (χ3v) is 4.06. The first-order chi connectivity index (χ1) is 10.8. The molecule has 1 aromatic rings. The van der Waals surface area contributed by atoms with Crippen molar-refractivity contribution in [2.45, 2.75) is 45.1 Å². The molecule has 0 spiro atoms. The molecular formula is C17H21N3O3. The van der Waals surface area contributed by atoms with Gasteiger partial charge in [0.1, 0.15) is 5.60 Å². The third kappa shape index (κ3) is 3.41. The zero-order valence-corrected chi connectivity index (χ0v) is 13.7. The number of nitrogens with zero attached hydrogens (tertiary/aromatic N) is 3. The molecule has 122 valence electrons. The minimum absolute atomic E-state index is 0.260. The second-order valence-electron chi connectivity index (χ2n) is 6.96. The number of amides is 3. The molecule has 1 aromatic carbocycles. The lowest BCUT2D eigenvalue weighted by Crippen LogP contribution is -2.42. The van der Waals surface area contributed by atoms with Crippen molar-refractivity contribution in [3.8, 4) is 0 Å². The molecule has 1 fully saturated rings. The van der Waals surface area contributed by atoms with Gasteiger partial charge in [0.2, 0.25) is 0 Å². The van der Waals surface area contributed by atoms with Gasteiger partial charge in [0.15, 0.2) is 0 Å². The normalized spacial score (nSPS) is 18.2. The Morgan fingerprint density at radius 3 is 2.57 bits per heavy atom. The summed E-state index contributed by atoms with van der Waals surface area (Å²) >= 11 is 0. The molecule has 3 amide bonds. The molecule has 2 heterocycles. The summed E-state index contributed by atoms with van der Waals surface area (Å²) in [7, 11) is 0. The predicted molar refractivity (Wildman–Crippen MR) is 83.9 cm³/mol. The average molecular weight is 315 g/mol. The van der Waals surface area contributed by atoms with Crippen LogP contribution in [0.5, 0.6) is 0 Å². The maximum absolute atomic E-state index is 12.1. The topological polar surface area (TPSA) is 71.3 Å². The van der Waals surface area contributed by atoms with Gasteiger partial charge in [-0.15, -0.1) is 0 Å². The van der Waals surface area contributed by atoms with E-state index in [1.807, 2.05) is 39.0 Å². The van der Waals surface area contributed by atoms with E-state index < -0.39 is 11.6 Å². The number of hydrogen-bond acceptors (Lipinski definition) is 3. The first-order valence-electron chi connectivity index (χ1n) is 7.92. The van der Waals surface area contributed by atoms with E-state index in [-0.39, 0.29) is 12.0 Å². The van der Waals surface area contributed by atoms with Gasteiger partial charge in [0, 0.05) is 13.1 Å². The molecule has 6 nitrogen and oxygen atoms in total. The first-order valence-corrected chi connectivity index (χ1v) is 7.92. The van der Waals surface area contributed by atoms with Gasteiger partial charge < -0.3 is 9.64 Å². The summed E-state index contributed by atoms with van der Waals surface area (Å²) < 4.78 is 5.42. The quantitative estimate of drug-likeness (QED) is 0.797.